The molecule has 0 amide bonds. The van der Waals surface area contributed by atoms with E-state index in [4.69, 9.17) is 16.6 Å². The first-order valence-corrected chi connectivity index (χ1v) is 2.88. The Morgan fingerprint density at radius 2 is 2.20 bits per heavy atom. The van der Waals surface area contributed by atoms with Crippen molar-refractivity contribution in [3.8, 4) is 5.75 Å². The van der Waals surface area contributed by atoms with E-state index in [1.807, 2.05) is 0 Å². The third-order valence-corrected chi connectivity index (χ3v) is 1.17. The maximum absolute atomic E-state index is 8.91. The van der Waals surface area contributed by atoms with Crippen LogP contribution in [0.25, 0.3) is 0 Å². The molecular formula is C6H9N3O. The van der Waals surface area contributed by atoms with Gasteiger partial charge in [0.05, 0.1) is 5.69 Å². The number of rotatable bonds is 1. The summed E-state index contributed by atoms with van der Waals surface area (Å²) in [7, 11) is 0. The van der Waals surface area contributed by atoms with Crippen LogP contribution in [-0.4, -0.2) is 10.1 Å². The van der Waals surface area contributed by atoms with E-state index in [1.54, 1.807) is 6.07 Å². The fourth-order valence-electron chi connectivity index (χ4n) is 0.623. The van der Waals surface area contributed by atoms with Crippen LogP contribution >= 0.6 is 0 Å². The van der Waals surface area contributed by atoms with Crippen LogP contribution in [0.15, 0.2) is 12.1 Å². The number of hydrogen-bond donors (Lipinski definition) is 3. The Bertz CT molecular complexity index is 236. The van der Waals surface area contributed by atoms with Crippen molar-refractivity contribution in [1.29, 1.82) is 0 Å². The van der Waals surface area contributed by atoms with Crippen LogP contribution in [0.3, 0.4) is 0 Å². The standard InChI is InChI=1S/C6H9N3O/c7-3-4-1-2-5(10)6(8)9-4/h1-2,10H,3,7H2,(H2,8,9). The summed E-state index contributed by atoms with van der Waals surface area (Å²) < 4.78 is 0. The SMILES string of the molecule is NCc1ccc(O)c(N)n1. The molecule has 54 valence electrons. The first-order chi connectivity index (χ1) is 4.74. The van der Waals surface area contributed by atoms with Crippen molar-refractivity contribution in [2.75, 3.05) is 5.73 Å². The summed E-state index contributed by atoms with van der Waals surface area (Å²) in [6.07, 6.45) is 0. The summed E-state index contributed by atoms with van der Waals surface area (Å²) in [5.41, 5.74) is 11.2. The summed E-state index contributed by atoms with van der Waals surface area (Å²) in [4.78, 5) is 3.79. The van der Waals surface area contributed by atoms with E-state index >= 15 is 0 Å². The fraction of sp³-hybridized carbons (Fsp3) is 0.167. The van der Waals surface area contributed by atoms with Crippen LogP contribution in [0.5, 0.6) is 5.75 Å². The van der Waals surface area contributed by atoms with Crippen LogP contribution in [0.1, 0.15) is 5.69 Å². The summed E-state index contributed by atoms with van der Waals surface area (Å²) >= 11 is 0. The van der Waals surface area contributed by atoms with Crippen LogP contribution in [0.2, 0.25) is 0 Å². The Kier molecular flexibility index (Phi) is 1.73. The molecule has 0 fully saturated rings. The van der Waals surface area contributed by atoms with Crippen molar-refractivity contribution in [1.82, 2.24) is 4.98 Å². The summed E-state index contributed by atoms with van der Waals surface area (Å²) in [6, 6.07) is 3.11. The first-order valence-electron chi connectivity index (χ1n) is 2.88. The fourth-order valence-corrected chi connectivity index (χ4v) is 0.623. The predicted octanol–water partition coefficient (Wildman–Crippen LogP) is -0.172. The second kappa shape index (κ2) is 2.53. The van der Waals surface area contributed by atoms with Crippen LogP contribution < -0.4 is 11.5 Å². The highest BCUT2D eigenvalue weighted by atomic mass is 16.3. The number of nitrogens with zero attached hydrogens (tertiary/aromatic N) is 1. The molecule has 4 heteroatoms. The Labute approximate surface area is 58.5 Å². The van der Waals surface area contributed by atoms with E-state index in [-0.39, 0.29) is 11.6 Å². The second-order valence-electron chi connectivity index (χ2n) is 1.91. The third-order valence-electron chi connectivity index (χ3n) is 1.17. The summed E-state index contributed by atoms with van der Waals surface area (Å²) in [5, 5.41) is 8.91. The van der Waals surface area contributed by atoms with E-state index in [0.717, 1.165) is 0 Å². The number of anilines is 1. The largest absolute Gasteiger partial charge is 0.504 e. The summed E-state index contributed by atoms with van der Waals surface area (Å²) in [6.45, 7) is 0.338. The Morgan fingerprint density at radius 1 is 1.50 bits per heavy atom. The second-order valence-corrected chi connectivity index (χ2v) is 1.91. The molecule has 0 aliphatic carbocycles. The number of hydrogen-bond acceptors (Lipinski definition) is 4. The Balaban J connectivity index is 3.04. The van der Waals surface area contributed by atoms with E-state index < -0.39 is 0 Å². The predicted molar refractivity (Wildman–Crippen MR) is 38.2 cm³/mol. The van der Waals surface area contributed by atoms with Gasteiger partial charge in [-0.05, 0) is 12.1 Å². The lowest BCUT2D eigenvalue weighted by atomic mass is 10.3. The molecule has 0 aliphatic rings. The number of aromatic hydroxyl groups is 1. The van der Waals surface area contributed by atoms with Gasteiger partial charge in [-0.2, -0.15) is 0 Å². The molecule has 0 bridgehead atoms. The zero-order valence-electron chi connectivity index (χ0n) is 5.41. The van der Waals surface area contributed by atoms with Gasteiger partial charge in [-0.25, -0.2) is 4.98 Å². The van der Waals surface area contributed by atoms with Crippen molar-refractivity contribution in [3.05, 3.63) is 17.8 Å². The molecule has 0 aromatic carbocycles. The molecular weight excluding hydrogens is 130 g/mol. The Morgan fingerprint density at radius 3 is 2.70 bits per heavy atom. The first kappa shape index (κ1) is 6.82. The average molecular weight is 139 g/mol. The van der Waals surface area contributed by atoms with Gasteiger partial charge in [0.25, 0.3) is 0 Å². The van der Waals surface area contributed by atoms with Gasteiger partial charge in [-0.1, -0.05) is 0 Å². The van der Waals surface area contributed by atoms with Crippen molar-refractivity contribution < 1.29 is 5.11 Å². The zero-order chi connectivity index (χ0) is 7.56. The van der Waals surface area contributed by atoms with Crippen molar-refractivity contribution in [2.24, 2.45) is 5.73 Å². The molecule has 1 aromatic heterocycles. The maximum atomic E-state index is 8.91. The molecule has 0 atom stereocenters. The van der Waals surface area contributed by atoms with Gasteiger partial charge in [0.2, 0.25) is 0 Å². The smallest absolute Gasteiger partial charge is 0.166 e. The minimum atomic E-state index is -0.00259. The zero-order valence-corrected chi connectivity index (χ0v) is 5.41. The molecule has 0 saturated heterocycles. The molecule has 0 radical (unpaired) electrons. The van der Waals surface area contributed by atoms with Crippen molar-refractivity contribution in [3.63, 3.8) is 0 Å². The van der Waals surface area contributed by atoms with E-state index in [1.165, 1.54) is 6.07 Å². The molecule has 1 aromatic rings. The van der Waals surface area contributed by atoms with Gasteiger partial charge in [0, 0.05) is 6.54 Å². The van der Waals surface area contributed by atoms with Crippen LogP contribution in [0, 0.1) is 0 Å². The van der Waals surface area contributed by atoms with Crippen LogP contribution in [-0.2, 0) is 6.54 Å². The Hall–Kier alpha value is -1.29. The highest BCUT2D eigenvalue weighted by Crippen LogP contribution is 2.15. The number of pyridine rings is 1. The van der Waals surface area contributed by atoms with Gasteiger partial charge < -0.3 is 16.6 Å². The summed E-state index contributed by atoms with van der Waals surface area (Å²) in [5.74, 6) is 0.125. The minimum absolute atomic E-state index is 0.00259. The molecule has 5 N–H and O–H groups in total. The molecule has 0 unspecified atom stereocenters. The topological polar surface area (TPSA) is 85.2 Å². The molecule has 1 heterocycles. The number of aromatic nitrogens is 1. The third kappa shape index (κ3) is 1.16. The van der Waals surface area contributed by atoms with Crippen molar-refractivity contribution in [2.45, 2.75) is 6.54 Å². The highest BCUT2D eigenvalue weighted by Gasteiger charge is 1.97. The molecule has 10 heavy (non-hydrogen) atoms. The highest BCUT2D eigenvalue weighted by molar-refractivity contribution is 5.44. The molecule has 1 rings (SSSR count). The van der Waals surface area contributed by atoms with E-state index in [0.29, 0.717) is 12.2 Å². The van der Waals surface area contributed by atoms with E-state index in [2.05, 4.69) is 4.98 Å². The van der Waals surface area contributed by atoms with Gasteiger partial charge in [0.1, 0.15) is 0 Å². The average Bonchev–Trinajstić information content (AvgIpc) is 1.95. The van der Waals surface area contributed by atoms with Gasteiger partial charge >= 0.3 is 0 Å². The monoisotopic (exact) mass is 139 g/mol. The van der Waals surface area contributed by atoms with Gasteiger partial charge in [0.15, 0.2) is 11.6 Å². The molecule has 0 saturated carbocycles. The normalized spacial score (nSPS) is 9.70. The van der Waals surface area contributed by atoms with Crippen LogP contribution in [0.4, 0.5) is 5.82 Å². The quantitative estimate of drug-likeness (QED) is 0.504. The number of nitrogen functional groups attached to an aromatic ring is 1. The minimum Gasteiger partial charge on any atom is -0.504 e. The van der Waals surface area contributed by atoms with Crippen molar-refractivity contribution >= 4 is 5.82 Å². The lowest BCUT2D eigenvalue weighted by Crippen LogP contribution is -2.01. The molecule has 4 nitrogen and oxygen atoms in total. The molecule has 0 spiro atoms. The molecule has 0 aliphatic heterocycles. The lowest BCUT2D eigenvalue weighted by molar-refractivity contribution is 0.475. The lowest BCUT2D eigenvalue weighted by Gasteiger charge is -1.98. The van der Waals surface area contributed by atoms with Gasteiger partial charge in [-0.15, -0.1) is 0 Å². The number of nitrogens with two attached hydrogens (primary N) is 2. The maximum Gasteiger partial charge on any atom is 0.166 e. The van der Waals surface area contributed by atoms with Gasteiger partial charge in [-0.3, -0.25) is 0 Å². The van der Waals surface area contributed by atoms with E-state index in [9.17, 15) is 0 Å².